The van der Waals surface area contributed by atoms with Gasteiger partial charge in [-0.25, -0.2) is 0 Å². The Bertz CT molecular complexity index is 661. The van der Waals surface area contributed by atoms with Crippen LogP contribution < -0.4 is 21.7 Å². The van der Waals surface area contributed by atoms with Crippen molar-refractivity contribution in [1.29, 1.82) is 0 Å². The molecule has 1 aromatic carbocycles. The fourth-order valence-corrected chi connectivity index (χ4v) is 2.67. The number of dihydropyridines is 1. The van der Waals surface area contributed by atoms with Gasteiger partial charge in [0.05, 0.1) is 12.2 Å². The van der Waals surface area contributed by atoms with Crippen molar-refractivity contribution in [2.45, 2.75) is 38.4 Å². The molecule has 0 aromatic heterocycles. The molecule has 0 saturated carbocycles. The van der Waals surface area contributed by atoms with Crippen molar-refractivity contribution in [3.8, 4) is 0 Å². The fourth-order valence-electron chi connectivity index (χ4n) is 2.67. The Labute approximate surface area is 156 Å². The maximum absolute atomic E-state index is 9.32. The lowest BCUT2D eigenvalue weighted by molar-refractivity contribution is 0.368. The van der Waals surface area contributed by atoms with Crippen molar-refractivity contribution in [2.75, 3.05) is 11.9 Å². The standard InChI is InChI=1S/C21H30N4O/c1-3-18(7-6-14-24-21-8-4-5-13-23-21)25-19-11-9-17(10-12-19)15-20(22)16(2)26/h3-5,8-13,20-21,23-26H,2,6-7,14-15,22H2,1H3/b18-3+. The van der Waals surface area contributed by atoms with Gasteiger partial charge >= 0.3 is 0 Å². The Balaban J connectivity index is 1.74. The van der Waals surface area contributed by atoms with Crippen LogP contribution in [-0.4, -0.2) is 23.9 Å². The van der Waals surface area contributed by atoms with E-state index in [1.165, 1.54) is 5.70 Å². The average Bonchev–Trinajstić information content (AvgIpc) is 2.66. The lowest BCUT2D eigenvalue weighted by Crippen LogP contribution is -2.39. The third-order valence-corrected chi connectivity index (χ3v) is 4.26. The van der Waals surface area contributed by atoms with Gasteiger partial charge in [-0.15, -0.1) is 0 Å². The van der Waals surface area contributed by atoms with Crippen LogP contribution in [-0.2, 0) is 6.42 Å². The third-order valence-electron chi connectivity index (χ3n) is 4.26. The molecule has 5 nitrogen and oxygen atoms in total. The summed E-state index contributed by atoms with van der Waals surface area (Å²) >= 11 is 0. The molecule has 0 saturated heterocycles. The average molecular weight is 354 g/mol. The maximum Gasteiger partial charge on any atom is 0.102 e. The van der Waals surface area contributed by atoms with Crippen LogP contribution in [0.2, 0.25) is 0 Å². The molecule has 0 spiro atoms. The van der Waals surface area contributed by atoms with E-state index >= 15 is 0 Å². The molecule has 0 fully saturated rings. The second-order valence-corrected chi connectivity index (χ2v) is 6.38. The van der Waals surface area contributed by atoms with E-state index in [9.17, 15) is 5.11 Å². The summed E-state index contributed by atoms with van der Waals surface area (Å²) in [5, 5.41) is 19.5. The lowest BCUT2D eigenvalue weighted by atomic mass is 10.1. The minimum Gasteiger partial charge on any atom is -0.511 e. The summed E-state index contributed by atoms with van der Waals surface area (Å²) in [5.74, 6) is 0.0203. The SMILES string of the molecule is C=C(O)C(N)Cc1ccc(N/C(=C/C)CCCNC2C=CC=CN2)cc1. The van der Waals surface area contributed by atoms with Gasteiger partial charge in [-0.2, -0.15) is 0 Å². The molecule has 0 aliphatic carbocycles. The summed E-state index contributed by atoms with van der Waals surface area (Å²) in [6.07, 6.45) is 13.0. The second-order valence-electron chi connectivity index (χ2n) is 6.38. The Morgan fingerprint density at radius 1 is 1.35 bits per heavy atom. The van der Waals surface area contributed by atoms with Crippen LogP contribution in [0.5, 0.6) is 0 Å². The highest BCUT2D eigenvalue weighted by Crippen LogP contribution is 2.16. The number of rotatable bonds is 10. The van der Waals surface area contributed by atoms with E-state index in [0.717, 1.165) is 30.6 Å². The number of hydrogen-bond acceptors (Lipinski definition) is 5. The highest BCUT2D eigenvalue weighted by Gasteiger charge is 2.07. The molecule has 2 atom stereocenters. The van der Waals surface area contributed by atoms with E-state index in [4.69, 9.17) is 5.73 Å². The highest BCUT2D eigenvalue weighted by atomic mass is 16.3. The Morgan fingerprint density at radius 3 is 2.73 bits per heavy atom. The molecule has 1 aliphatic heterocycles. The van der Waals surface area contributed by atoms with Crippen LogP contribution in [0, 0.1) is 0 Å². The zero-order chi connectivity index (χ0) is 18.8. The molecule has 2 rings (SSSR count). The number of benzene rings is 1. The zero-order valence-corrected chi connectivity index (χ0v) is 15.4. The normalized spacial score (nSPS) is 17.6. The molecule has 1 heterocycles. The van der Waals surface area contributed by atoms with Gasteiger partial charge in [0, 0.05) is 11.4 Å². The summed E-state index contributed by atoms with van der Waals surface area (Å²) in [6.45, 7) is 6.47. The number of allylic oxidation sites excluding steroid dienone is 4. The molecule has 5 heteroatoms. The van der Waals surface area contributed by atoms with Crippen molar-refractivity contribution < 1.29 is 5.11 Å². The van der Waals surface area contributed by atoms with Crippen LogP contribution in [0.1, 0.15) is 25.3 Å². The first-order chi connectivity index (χ1) is 12.6. The largest absolute Gasteiger partial charge is 0.511 e. The zero-order valence-electron chi connectivity index (χ0n) is 15.4. The molecule has 1 aliphatic rings. The van der Waals surface area contributed by atoms with E-state index in [1.54, 1.807) is 0 Å². The van der Waals surface area contributed by atoms with Crippen LogP contribution in [0.4, 0.5) is 5.69 Å². The highest BCUT2D eigenvalue weighted by molar-refractivity contribution is 5.49. The molecule has 0 amide bonds. The van der Waals surface area contributed by atoms with Crippen LogP contribution >= 0.6 is 0 Å². The van der Waals surface area contributed by atoms with Gasteiger partial charge in [0.1, 0.15) is 5.76 Å². The maximum atomic E-state index is 9.32. The third kappa shape index (κ3) is 6.78. The van der Waals surface area contributed by atoms with E-state index in [1.807, 2.05) is 49.5 Å². The number of anilines is 1. The van der Waals surface area contributed by atoms with Gasteiger partial charge in [-0.05, 0) is 68.8 Å². The van der Waals surface area contributed by atoms with Crippen LogP contribution in [0.15, 0.2) is 72.8 Å². The number of nitrogens with two attached hydrogens (primary N) is 1. The molecular formula is C21H30N4O. The van der Waals surface area contributed by atoms with Crippen LogP contribution in [0.25, 0.3) is 0 Å². The van der Waals surface area contributed by atoms with Gasteiger partial charge in [0.15, 0.2) is 0 Å². The summed E-state index contributed by atoms with van der Waals surface area (Å²) in [7, 11) is 0. The van der Waals surface area contributed by atoms with Gasteiger partial charge in [-0.1, -0.05) is 30.9 Å². The summed E-state index contributed by atoms with van der Waals surface area (Å²) in [6, 6.07) is 7.69. The van der Waals surface area contributed by atoms with E-state index < -0.39 is 6.04 Å². The number of aliphatic hydroxyl groups excluding tert-OH is 1. The quantitative estimate of drug-likeness (QED) is 0.329. The number of nitrogens with one attached hydrogen (secondary N) is 3. The smallest absolute Gasteiger partial charge is 0.102 e. The molecule has 0 bridgehead atoms. The Morgan fingerprint density at radius 2 is 2.12 bits per heavy atom. The van der Waals surface area contributed by atoms with E-state index in [2.05, 4.69) is 34.7 Å². The molecule has 6 N–H and O–H groups in total. The minimum absolute atomic E-state index is 0.0203. The molecule has 140 valence electrons. The second kappa shape index (κ2) is 10.5. The lowest BCUT2D eigenvalue weighted by Gasteiger charge is -2.18. The van der Waals surface area contributed by atoms with Gasteiger partial charge in [-0.3, -0.25) is 5.32 Å². The van der Waals surface area contributed by atoms with Gasteiger partial charge < -0.3 is 21.5 Å². The summed E-state index contributed by atoms with van der Waals surface area (Å²) in [4.78, 5) is 0. The topological polar surface area (TPSA) is 82.3 Å². The first-order valence-electron chi connectivity index (χ1n) is 9.05. The van der Waals surface area contributed by atoms with Crippen molar-refractivity contribution in [2.24, 2.45) is 5.73 Å². The molecule has 2 unspecified atom stereocenters. The van der Waals surface area contributed by atoms with Crippen molar-refractivity contribution in [3.05, 3.63) is 78.4 Å². The Hall–Kier alpha value is -2.50. The van der Waals surface area contributed by atoms with Crippen LogP contribution in [0.3, 0.4) is 0 Å². The summed E-state index contributed by atoms with van der Waals surface area (Å²) < 4.78 is 0. The van der Waals surface area contributed by atoms with Crippen molar-refractivity contribution >= 4 is 5.69 Å². The monoisotopic (exact) mass is 354 g/mol. The van der Waals surface area contributed by atoms with E-state index in [-0.39, 0.29) is 11.9 Å². The number of hydrogen-bond donors (Lipinski definition) is 5. The molecule has 0 radical (unpaired) electrons. The Kier molecular flexibility index (Phi) is 7.99. The molecule has 26 heavy (non-hydrogen) atoms. The first-order valence-corrected chi connectivity index (χ1v) is 9.05. The fraction of sp³-hybridized carbons (Fsp3) is 0.333. The van der Waals surface area contributed by atoms with E-state index in [0.29, 0.717) is 6.42 Å². The van der Waals surface area contributed by atoms with Crippen molar-refractivity contribution in [3.63, 3.8) is 0 Å². The minimum atomic E-state index is -0.420. The molecular weight excluding hydrogens is 324 g/mol. The van der Waals surface area contributed by atoms with Gasteiger partial charge in [0.25, 0.3) is 0 Å². The van der Waals surface area contributed by atoms with Gasteiger partial charge in [0.2, 0.25) is 0 Å². The first kappa shape index (κ1) is 19.8. The summed E-state index contributed by atoms with van der Waals surface area (Å²) in [5.41, 5.74) is 9.14. The predicted molar refractivity (Wildman–Crippen MR) is 110 cm³/mol. The predicted octanol–water partition coefficient (Wildman–Crippen LogP) is 3.31. The molecule has 1 aromatic rings. The van der Waals surface area contributed by atoms with Crippen molar-refractivity contribution in [1.82, 2.24) is 10.6 Å². The number of aliphatic hydroxyl groups is 1.